The van der Waals surface area contributed by atoms with Crippen molar-refractivity contribution >= 4 is 40.6 Å². The van der Waals surface area contributed by atoms with Gasteiger partial charge in [0.05, 0.1) is 16.9 Å². The predicted molar refractivity (Wildman–Crippen MR) is 174 cm³/mol. The molecule has 0 bridgehead atoms. The van der Waals surface area contributed by atoms with E-state index in [0.717, 1.165) is 45.8 Å². The van der Waals surface area contributed by atoms with Crippen molar-refractivity contribution < 1.29 is 14.4 Å². The fraction of sp³-hybridized carbons (Fsp3) is 0.412. The Morgan fingerprint density at radius 3 is 2.39 bits per heavy atom. The number of pyridine rings is 1. The van der Waals surface area contributed by atoms with Gasteiger partial charge < -0.3 is 24.9 Å². The second-order valence-electron chi connectivity index (χ2n) is 11.4. The summed E-state index contributed by atoms with van der Waals surface area (Å²) >= 11 is 0. The molecule has 0 aliphatic carbocycles. The van der Waals surface area contributed by atoms with E-state index in [1.165, 1.54) is 16.2 Å². The number of nitrogens with one attached hydrogen (secondary N) is 1. The molecule has 5 rings (SSSR count). The molecule has 0 saturated carbocycles. The summed E-state index contributed by atoms with van der Waals surface area (Å²) in [7, 11) is 2.07. The third-order valence-electron chi connectivity index (χ3n) is 8.50. The lowest BCUT2D eigenvalue weighted by Gasteiger charge is -2.35. The summed E-state index contributed by atoms with van der Waals surface area (Å²) < 4.78 is 0. The molecule has 3 aromatic rings. The Morgan fingerprint density at radius 1 is 0.909 bits per heavy atom. The fourth-order valence-electron chi connectivity index (χ4n) is 5.85. The van der Waals surface area contributed by atoms with Gasteiger partial charge >= 0.3 is 0 Å². The van der Waals surface area contributed by atoms with Crippen molar-refractivity contribution in [3.63, 3.8) is 0 Å². The minimum Gasteiger partial charge on any atom is -0.369 e. The van der Waals surface area contributed by atoms with Gasteiger partial charge in [-0.1, -0.05) is 31.2 Å². The highest BCUT2D eigenvalue weighted by molar-refractivity contribution is 6.17. The van der Waals surface area contributed by atoms with Gasteiger partial charge in [-0.2, -0.15) is 0 Å². The van der Waals surface area contributed by atoms with Gasteiger partial charge in [-0.05, 0) is 62.5 Å². The van der Waals surface area contributed by atoms with Gasteiger partial charge in [0.1, 0.15) is 0 Å². The number of fused-ring (bicyclic) bond motifs is 2. The molecule has 232 valence electrons. The van der Waals surface area contributed by atoms with Gasteiger partial charge in [0.2, 0.25) is 11.8 Å². The Bertz CT molecular complexity index is 1450. The van der Waals surface area contributed by atoms with Crippen LogP contribution in [0.25, 0.3) is 0 Å². The summed E-state index contributed by atoms with van der Waals surface area (Å²) in [6.07, 6.45) is 1.67. The first-order valence-corrected chi connectivity index (χ1v) is 15.6. The van der Waals surface area contributed by atoms with E-state index in [4.69, 9.17) is 0 Å². The van der Waals surface area contributed by atoms with Crippen LogP contribution in [-0.4, -0.2) is 96.8 Å². The van der Waals surface area contributed by atoms with Crippen LogP contribution in [0, 0.1) is 0 Å². The van der Waals surface area contributed by atoms with Gasteiger partial charge in [0.25, 0.3) is 5.91 Å². The van der Waals surface area contributed by atoms with Crippen molar-refractivity contribution in [1.82, 2.24) is 19.7 Å². The monoisotopic (exact) mass is 597 g/mol. The molecule has 10 nitrogen and oxygen atoms in total. The highest BCUT2D eigenvalue weighted by Gasteiger charge is 2.30. The quantitative estimate of drug-likeness (QED) is 0.354. The summed E-state index contributed by atoms with van der Waals surface area (Å²) in [5.41, 5.74) is 3.81. The number of hydrogen-bond donors (Lipinski definition) is 1. The molecule has 2 aromatic carbocycles. The number of rotatable bonds is 11. The number of piperazine rings is 1. The smallest absolute Gasteiger partial charge is 0.257 e. The summed E-state index contributed by atoms with van der Waals surface area (Å²) in [5, 5.41) is 2.84. The number of hydrogen-bond acceptors (Lipinski definition) is 7. The van der Waals surface area contributed by atoms with Crippen molar-refractivity contribution in [3.8, 4) is 0 Å². The number of para-hydroxylation sites is 1. The van der Waals surface area contributed by atoms with Crippen molar-refractivity contribution in [1.29, 1.82) is 0 Å². The second kappa shape index (κ2) is 14.5. The molecule has 1 fully saturated rings. The Balaban J connectivity index is 1.14. The topological polar surface area (TPSA) is 92.3 Å². The standard InChI is InChI=1S/C34H43N7O3/c1-4-38-20-23-40(24-21-38)27-14-12-26(13-15-27)25-37(3)19-22-39(5-2)31(42)16-17-32(43)41-30-11-7-6-9-28(30)34(44)36-29-10-8-18-35-33(29)41/h6-15,18H,4-5,16-17,19-25H2,1-3H3,(H,36,44). The van der Waals surface area contributed by atoms with Gasteiger partial charge in [-0.3, -0.25) is 19.3 Å². The third kappa shape index (κ3) is 7.26. The van der Waals surface area contributed by atoms with Gasteiger partial charge in [-0.25, -0.2) is 4.98 Å². The number of nitrogens with zero attached hydrogens (tertiary/aromatic N) is 6. The summed E-state index contributed by atoms with van der Waals surface area (Å²) in [6, 6.07) is 19.2. The van der Waals surface area contributed by atoms with Crippen LogP contribution in [0.1, 0.15) is 42.6 Å². The summed E-state index contributed by atoms with van der Waals surface area (Å²) in [4.78, 5) is 54.4. The Kier molecular flexibility index (Phi) is 10.2. The van der Waals surface area contributed by atoms with Crippen LogP contribution in [-0.2, 0) is 16.1 Å². The predicted octanol–water partition coefficient (Wildman–Crippen LogP) is 4.21. The van der Waals surface area contributed by atoms with Crippen LogP contribution in [0.3, 0.4) is 0 Å². The van der Waals surface area contributed by atoms with Gasteiger partial charge in [-0.15, -0.1) is 0 Å². The van der Waals surface area contributed by atoms with Crippen molar-refractivity contribution in [2.75, 3.05) is 74.5 Å². The minimum absolute atomic E-state index is 0.00353. The van der Waals surface area contributed by atoms with Crippen LogP contribution in [0.15, 0.2) is 66.9 Å². The lowest BCUT2D eigenvalue weighted by molar-refractivity contribution is -0.133. The molecule has 2 aliphatic rings. The maximum atomic E-state index is 13.6. The molecule has 0 unspecified atom stereocenters. The van der Waals surface area contributed by atoms with E-state index < -0.39 is 0 Å². The Hall–Kier alpha value is -4.28. The maximum Gasteiger partial charge on any atom is 0.257 e. The van der Waals surface area contributed by atoms with Crippen LogP contribution < -0.4 is 15.1 Å². The molecule has 1 aromatic heterocycles. The molecule has 1 N–H and O–H groups in total. The van der Waals surface area contributed by atoms with Gasteiger partial charge in [0.15, 0.2) is 5.82 Å². The van der Waals surface area contributed by atoms with Crippen molar-refractivity contribution in [2.24, 2.45) is 0 Å². The molecule has 44 heavy (non-hydrogen) atoms. The largest absolute Gasteiger partial charge is 0.369 e. The number of benzene rings is 2. The first-order chi connectivity index (χ1) is 21.4. The normalized spacial score (nSPS) is 15.0. The van der Waals surface area contributed by atoms with E-state index in [1.807, 2.05) is 6.92 Å². The second-order valence-corrected chi connectivity index (χ2v) is 11.4. The molecule has 3 heterocycles. The number of carbonyl (C=O) groups is 3. The van der Waals surface area contributed by atoms with Crippen molar-refractivity contribution in [2.45, 2.75) is 33.2 Å². The number of carbonyl (C=O) groups excluding carboxylic acids is 3. The molecule has 0 atom stereocenters. The van der Waals surface area contributed by atoms with Crippen molar-refractivity contribution in [3.05, 3.63) is 78.0 Å². The molecule has 3 amide bonds. The van der Waals surface area contributed by atoms with Crippen LogP contribution in [0.4, 0.5) is 22.9 Å². The Labute approximate surface area is 260 Å². The molecule has 10 heteroatoms. The molecular weight excluding hydrogens is 554 g/mol. The number of amides is 3. The summed E-state index contributed by atoms with van der Waals surface area (Å²) in [6.45, 7) is 12.3. The Morgan fingerprint density at radius 2 is 1.66 bits per heavy atom. The molecule has 2 aliphatic heterocycles. The first kappa shape index (κ1) is 31.2. The highest BCUT2D eigenvalue weighted by Crippen LogP contribution is 2.36. The van der Waals surface area contributed by atoms with E-state index in [0.29, 0.717) is 35.8 Å². The van der Waals surface area contributed by atoms with E-state index in [1.54, 1.807) is 47.5 Å². The van der Waals surface area contributed by atoms with Crippen LogP contribution >= 0.6 is 0 Å². The van der Waals surface area contributed by atoms with Gasteiger partial charge in [0, 0.05) is 77.1 Å². The number of aromatic nitrogens is 1. The third-order valence-corrected chi connectivity index (χ3v) is 8.50. The summed E-state index contributed by atoms with van der Waals surface area (Å²) in [5.74, 6) is -0.306. The molecule has 0 spiro atoms. The fourth-order valence-corrected chi connectivity index (χ4v) is 5.85. The zero-order valence-corrected chi connectivity index (χ0v) is 26.0. The SMILES string of the molecule is CCN1CCN(c2ccc(CN(C)CCN(CC)C(=O)CCC(=O)N3c4ccccc4C(=O)Nc4cccnc43)cc2)CC1. The molecular formula is C34H43N7O3. The molecule has 1 saturated heterocycles. The lowest BCUT2D eigenvalue weighted by Crippen LogP contribution is -2.46. The average molecular weight is 598 g/mol. The average Bonchev–Trinajstić information content (AvgIpc) is 3.18. The maximum absolute atomic E-state index is 13.6. The first-order valence-electron chi connectivity index (χ1n) is 15.6. The van der Waals surface area contributed by atoms with E-state index >= 15 is 0 Å². The minimum atomic E-state index is -0.302. The van der Waals surface area contributed by atoms with Crippen LogP contribution in [0.2, 0.25) is 0 Å². The highest BCUT2D eigenvalue weighted by atomic mass is 16.2. The zero-order valence-electron chi connectivity index (χ0n) is 26.0. The van der Waals surface area contributed by atoms with Crippen LogP contribution in [0.5, 0.6) is 0 Å². The lowest BCUT2D eigenvalue weighted by atomic mass is 10.1. The van der Waals surface area contributed by atoms with E-state index in [2.05, 4.69) is 63.2 Å². The van der Waals surface area contributed by atoms with E-state index in [9.17, 15) is 14.4 Å². The number of anilines is 4. The number of likely N-dealkylation sites (N-methyl/N-ethyl adjacent to an activating group) is 3. The molecule has 0 radical (unpaired) electrons. The van der Waals surface area contributed by atoms with E-state index in [-0.39, 0.29) is 30.6 Å². The zero-order chi connectivity index (χ0) is 31.1.